The summed E-state index contributed by atoms with van der Waals surface area (Å²) in [4.78, 5) is 22.5. The number of carbonyl (C=O) groups excluding carboxylic acids is 1. The number of carboxylic acid groups (broad SMARTS) is 1. The maximum atomic E-state index is 11.8. The summed E-state index contributed by atoms with van der Waals surface area (Å²) in [6.45, 7) is 0. The Bertz CT molecular complexity index is 503. The van der Waals surface area contributed by atoms with Gasteiger partial charge in [-0.25, -0.2) is 0 Å². The molecule has 0 bridgehead atoms. The van der Waals surface area contributed by atoms with Gasteiger partial charge in [0.15, 0.2) is 0 Å². The van der Waals surface area contributed by atoms with Crippen molar-refractivity contribution in [3.8, 4) is 0 Å². The number of aromatic nitrogens is 2. The summed E-state index contributed by atoms with van der Waals surface area (Å²) < 4.78 is 1.65. The fraction of sp³-hybridized carbons (Fsp3) is 0.462. The van der Waals surface area contributed by atoms with Crippen LogP contribution >= 0.6 is 0 Å². The third-order valence-electron chi connectivity index (χ3n) is 3.18. The van der Waals surface area contributed by atoms with E-state index in [4.69, 9.17) is 5.11 Å². The molecule has 0 saturated heterocycles. The van der Waals surface area contributed by atoms with Gasteiger partial charge in [-0.3, -0.25) is 14.3 Å². The van der Waals surface area contributed by atoms with Gasteiger partial charge in [-0.2, -0.15) is 5.10 Å². The van der Waals surface area contributed by atoms with Gasteiger partial charge in [-0.1, -0.05) is 0 Å². The van der Waals surface area contributed by atoms with Crippen molar-refractivity contribution in [3.05, 3.63) is 24.0 Å². The highest BCUT2D eigenvalue weighted by Crippen LogP contribution is 2.34. The summed E-state index contributed by atoms with van der Waals surface area (Å²) in [5, 5.41) is 15.6. The Labute approximate surface area is 111 Å². The molecule has 0 spiro atoms. The zero-order valence-electron chi connectivity index (χ0n) is 10.7. The number of nitrogens with zero attached hydrogens (tertiary/aromatic N) is 2. The van der Waals surface area contributed by atoms with E-state index in [0.29, 0.717) is 5.92 Å². The molecule has 1 amide bonds. The van der Waals surface area contributed by atoms with Crippen molar-refractivity contribution >= 4 is 18.0 Å². The highest BCUT2D eigenvalue weighted by molar-refractivity contribution is 5.92. The Morgan fingerprint density at radius 1 is 1.63 bits per heavy atom. The molecule has 1 fully saturated rings. The van der Waals surface area contributed by atoms with E-state index in [1.807, 2.05) is 0 Å². The minimum atomic E-state index is -0.882. The van der Waals surface area contributed by atoms with E-state index in [1.165, 1.54) is 6.08 Å². The van der Waals surface area contributed by atoms with E-state index in [0.717, 1.165) is 18.5 Å². The first-order valence-electron chi connectivity index (χ1n) is 6.24. The number of carbonyl (C=O) groups is 2. The first kappa shape index (κ1) is 13.3. The van der Waals surface area contributed by atoms with Gasteiger partial charge in [-0.15, -0.1) is 0 Å². The van der Waals surface area contributed by atoms with Crippen LogP contribution in [-0.2, 0) is 16.6 Å². The number of aryl methyl sites for hydroxylation is 1. The van der Waals surface area contributed by atoms with Crippen LogP contribution in [0.2, 0.25) is 0 Å². The highest BCUT2D eigenvalue weighted by Gasteiger charge is 2.33. The van der Waals surface area contributed by atoms with Crippen LogP contribution in [0.1, 0.15) is 25.0 Å². The lowest BCUT2D eigenvalue weighted by atomic mass is 10.1. The smallest absolute Gasteiger partial charge is 0.305 e. The fourth-order valence-electron chi connectivity index (χ4n) is 1.96. The molecule has 1 heterocycles. The van der Waals surface area contributed by atoms with E-state index < -0.39 is 5.97 Å². The topological polar surface area (TPSA) is 84.2 Å². The van der Waals surface area contributed by atoms with Gasteiger partial charge in [0.25, 0.3) is 0 Å². The van der Waals surface area contributed by atoms with Crippen molar-refractivity contribution in [2.45, 2.75) is 25.3 Å². The van der Waals surface area contributed by atoms with Gasteiger partial charge < -0.3 is 10.4 Å². The van der Waals surface area contributed by atoms with Gasteiger partial charge in [0.05, 0.1) is 12.1 Å². The molecule has 1 unspecified atom stereocenters. The summed E-state index contributed by atoms with van der Waals surface area (Å²) in [5.74, 6) is -0.836. The molecule has 0 aromatic carbocycles. The predicted octanol–water partition coefficient (Wildman–Crippen LogP) is 0.803. The van der Waals surface area contributed by atoms with Crippen molar-refractivity contribution < 1.29 is 14.7 Å². The molecule has 102 valence electrons. The second-order valence-electron chi connectivity index (χ2n) is 4.76. The van der Waals surface area contributed by atoms with Crippen molar-refractivity contribution in [3.63, 3.8) is 0 Å². The van der Waals surface area contributed by atoms with E-state index in [2.05, 4.69) is 10.4 Å². The zero-order valence-corrected chi connectivity index (χ0v) is 10.7. The van der Waals surface area contributed by atoms with Gasteiger partial charge in [0.1, 0.15) is 0 Å². The number of aliphatic carboxylic acids is 1. The van der Waals surface area contributed by atoms with Crippen LogP contribution in [0.15, 0.2) is 18.3 Å². The lowest BCUT2D eigenvalue weighted by Crippen LogP contribution is -2.37. The molecular weight excluding hydrogens is 246 g/mol. The van der Waals surface area contributed by atoms with Gasteiger partial charge >= 0.3 is 5.97 Å². The Balaban J connectivity index is 1.90. The summed E-state index contributed by atoms with van der Waals surface area (Å²) in [6, 6.07) is 1.53. The number of hydrogen-bond acceptors (Lipinski definition) is 3. The maximum absolute atomic E-state index is 11.8. The largest absolute Gasteiger partial charge is 0.481 e. The molecule has 2 rings (SSSR count). The van der Waals surface area contributed by atoms with Crippen LogP contribution in [-0.4, -0.2) is 32.8 Å². The Morgan fingerprint density at radius 3 is 2.89 bits per heavy atom. The van der Waals surface area contributed by atoms with Crippen LogP contribution in [0.3, 0.4) is 0 Å². The molecule has 1 aliphatic rings. The zero-order chi connectivity index (χ0) is 13.8. The van der Waals surface area contributed by atoms with Crippen LogP contribution in [0.25, 0.3) is 6.08 Å². The summed E-state index contributed by atoms with van der Waals surface area (Å²) in [7, 11) is 1.79. The van der Waals surface area contributed by atoms with Crippen molar-refractivity contribution in [1.29, 1.82) is 0 Å². The SMILES string of the molecule is Cn1nccc1/C=C/C(=O)NC(CC(=O)O)C1CC1. The molecule has 1 atom stereocenters. The van der Waals surface area contributed by atoms with Crippen LogP contribution in [0.5, 0.6) is 0 Å². The number of hydrogen-bond donors (Lipinski definition) is 2. The van der Waals surface area contributed by atoms with Crippen LogP contribution < -0.4 is 5.32 Å². The third kappa shape index (κ3) is 3.94. The van der Waals surface area contributed by atoms with Crippen molar-refractivity contribution in [1.82, 2.24) is 15.1 Å². The summed E-state index contributed by atoms with van der Waals surface area (Å²) >= 11 is 0. The average Bonchev–Trinajstić information content (AvgIpc) is 3.10. The lowest BCUT2D eigenvalue weighted by Gasteiger charge is -2.14. The molecule has 19 heavy (non-hydrogen) atoms. The molecule has 1 aromatic heterocycles. The molecule has 0 aliphatic heterocycles. The predicted molar refractivity (Wildman–Crippen MR) is 69.1 cm³/mol. The fourth-order valence-corrected chi connectivity index (χ4v) is 1.96. The molecular formula is C13H17N3O3. The highest BCUT2D eigenvalue weighted by atomic mass is 16.4. The van der Waals surface area contributed by atoms with Gasteiger partial charge in [0.2, 0.25) is 5.91 Å². The number of rotatable bonds is 6. The second kappa shape index (κ2) is 5.69. The standard InChI is InChI=1S/C13H17N3O3/c1-16-10(6-7-14-16)4-5-12(17)15-11(8-13(18)19)9-2-3-9/h4-7,9,11H,2-3,8H2,1H3,(H,15,17)(H,18,19)/b5-4+. The van der Waals surface area contributed by atoms with E-state index >= 15 is 0 Å². The monoisotopic (exact) mass is 263 g/mol. The lowest BCUT2D eigenvalue weighted by molar-refractivity contribution is -0.137. The van der Waals surface area contributed by atoms with E-state index in [-0.39, 0.29) is 18.4 Å². The molecule has 2 N–H and O–H groups in total. The molecule has 1 aromatic rings. The van der Waals surface area contributed by atoms with Crippen LogP contribution in [0, 0.1) is 5.92 Å². The summed E-state index contributed by atoms with van der Waals surface area (Å²) in [6.07, 6.45) is 6.68. The third-order valence-corrected chi connectivity index (χ3v) is 3.18. The normalized spacial score (nSPS) is 16.5. The van der Waals surface area contributed by atoms with Crippen molar-refractivity contribution in [2.75, 3.05) is 0 Å². The number of nitrogens with one attached hydrogen (secondary N) is 1. The number of amides is 1. The average molecular weight is 263 g/mol. The molecule has 0 radical (unpaired) electrons. The maximum Gasteiger partial charge on any atom is 0.305 e. The minimum Gasteiger partial charge on any atom is -0.481 e. The summed E-state index contributed by atoms with van der Waals surface area (Å²) in [5.41, 5.74) is 0.816. The van der Waals surface area contributed by atoms with Crippen LogP contribution in [0.4, 0.5) is 0 Å². The first-order valence-corrected chi connectivity index (χ1v) is 6.24. The second-order valence-corrected chi connectivity index (χ2v) is 4.76. The van der Waals surface area contributed by atoms with Gasteiger partial charge in [-0.05, 0) is 30.9 Å². The Morgan fingerprint density at radius 2 is 2.37 bits per heavy atom. The number of carboxylic acids is 1. The molecule has 6 heteroatoms. The Kier molecular flexibility index (Phi) is 3.99. The minimum absolute atomic E-state index is 0.0179. The molecule has 1 aliphatic carbocycles. The molecule has 1 saturated carbocycles. The molecule has 6 nitrogen and oxygen atoms in total. The first-order chi connectivity index (χ1) is 9.06. The van der Waals surface area contributed by atoms with E-state index in [1.54, 1.807) is 30.1 Å². The quantitative estimate of drug-likeness (QED) is 0.744. The van der Waals surface area contributed by atoms with Gasteiger partial charge in [0, 0.05) is 25.4 Å². The Hall–Kier alpha value is -2.11. The van der Waals surface area contributed by atoms with E-state index in [9.17, 15) is 9.59 Å². The van der Waals surface area contributed by atoms with Crippen molar-refractivity contribution in [2.24, 2.45) is 13.0 Å².